The number of hydrogen-bond acceptors (Lipinski definition) is 5. The monoisotopic (exact) mass is 403 g/mol. The first-order chi connectivity index (χ1) is 14.5. The molecule has 0 unspecified atom stereocenters. The van der Waals surface area contributed by atoms with Crippen LogP contribution >= 0.6 is 0 Å². The van der Waals surface area contributed by atoms with E-state index in [0.717, 1.165) is 16.9 Å². The Morgan fingerprint density at radius 2 is 1.63 bits per heavy atom. The molecule has 0 atom stereocenters. The van der Waals surface area contributed by atoms with Crippen molar-refractivity contribution in [2.45, 2.75) is 20.0 Å². The lowest BCUT2D eigenvalue weighted by Crippen LogP contribution is -2.19. The Balaban J connectivity index is 1.45. The van der Waals surface area contributed by atoms with Gasteiger partial charge in [-0.1, -0.05) is 42.0 Å². The van der Waals surface area contributed by atoms with Crippen molar-refractivity contribution in [3.63, 3.8) is 0 Å². The molecule has 0 aliphatic heterocycles. The summed E-state index contributed by atoms with van der Waals surface area (Å²) >= 11 is 0. The van der Waals surface area contributed by atoms with E-state index in [1.54, 1.807) is 12.1 Å². The Morgan fingerprint density at radius 3 is 2.27 bits per heavy atom. The van der Waals surface area contributed by atoms with Crippen LogP contribution in [0.3, 0.4) is 0 Å². The number of ether oxygens (including phenoxy) is 1. The molecule has 0 saturated carbocycles. The van der Waals surface area contributed by atoms with E-state index in [1.807, 2.05) is 55.5 Å². The number of nitro groups is 1. The molecule has 0 aliphatic carbocycles. The average molecular weight is 403 g/mol. The van der Waals surface area contributed by atoms with Gasteiger partial charge in [-0.15, -0.1) is 0 Å². The van der Waals surface area contributed by atoms with E-state index in [1.165, 1.54) is 23.9 Å². The standard InChI is InChI=1S/C23H21N3O4/c1-17-2-4-20(5-3-17)16-30-22-12-8-19(9-13-22)15-24-25-23(27)14-18-6-10-21(11-7-18)26(28)29/h2-13,15H,14,16H2,1H3,(H,25,27)/b24-15+. The van der Waals surface area contributed by atoms with Gasteiger partial charge in [-0.25, -0.2) is 5.43 Å². The third-order valence-electron chi connectivity index (χ3n) is 4.32. The van der Waals surface area contributed by atoms with Gasteiger partial charge in [-0.2, -0.15) is 5.10 Å². The fraction of sp³-hybridized carbons (Fsp3) is 0.130. The first-order valence-corrected chi connectivity index (χ1v) is 9.33. The van der Waals surface area contributed by atoms with Gasteiger partial charge in [0.1, 0.15) is 12.4 Å². The summed E-state index contributed by atoms with van der Waals surface area (Å²) in [6.07, 6.45) is 1.62. The molecule has 3 aromatic carbocycles. The van der Waals surface area contributed by atoms with Crippen LogP contribution in [0.2, 0.25) is 0 Å². The molecule has 152 valence electrons. The number of nitrogens with zero attached hydrogens (tertiary/aromatic N) is 2. The lowest BCUT2D eigenvalue weighted by atomic mass is 10.1. The van der Waals surface area contributed by atoms with Gasteiger partial charge in [0.05, 0.1) is 17.6 Å². The van der Waals surface area contributed by atoms with Crippen LogP contribution in [0.1, 0.15) is 22.3 Å². The molecule has 3 aromatic rings. The largest absolute Gasteiger partial charge is 0.489 e. The van der Waals surface area contributed by atoms with Crippen LogP contribution in [-0.4, -0.2) is 17.0 Å². The van der Waals surface area contributed by atoms with E-state index >= 15 is 0 Å². The Kier molecular flexibility index (Phi) is 6.89. The van der Waals surface area contributed by atoms with Gasteiger partial charge in [0.2, 0.25) is 5.91 Å². The zero-order valence-electron chi connectivity index (χ0n) is 16.4. The van der Waals surface area contributed by atoms with Crippen LogP contribution in [0.15, 0.2) is 77.9 Å². The fourth-order valence-corrected chi connectivity index (χ4v) is 2.64. The van der Waals surface area contributed by atoms with E-state index in [2.05, 4.69) is 10.5 Å². The Morgan fingerprint density at radius 1 is 1.00 bits per heavy atom. The van der Waals surface area contributed by atoms with Gasteiger partial charge < -0.3 is 4.74 Å². The average Bonchev–Trinajstić information content (AvgIpc) is 2.74. The Labute approximate surface area is 174 Å². The highest BCUT2D eigenvalue weighted by Gasteiger charge is 2.06. The number of non-ortho nitro benzene ring substituents is 1. The Hall–Kier alpha value is -4.00. The maximum Gasteiger partial charge on any atom is 0.269 e. The number of carbonyl (C=O) groups is 1. The summed E-state index contributed by atoms with van der Waals surface area (Å²) in [7, 11) is 0. The first-order valence-electron chi connectivity index (χ1n) is 9.33. The summed E-state index contributed by atoms with van der Waals surface area (Å²) in [6.45, 7) is 2.54. The predicted molar refractivity (Wildman–Crippen MR) is 114 cm³/mol. The quantitative estimate of drug-likeness (QED) is 0.347. The van der Waals surface area contributed by atoms with Crippen molar-refractivity contribution in [3.8, 4) is 5.75 Å². The van der Waals surface area contributed by atoms with E-state index in [-0.39, 0.29) is 18.0 Å². The highest BCUT2D eigenvalue weighted by molar-refractivity contribution is 5.83. The Bertz CT molecular complexity index is 1030. The minimum Gasteiger partial charge on any atom is -0.489 e. The van der Waals surface area contributed by atoms with Crippen LogP contribution in [0.4, 0.5) is 5.69 Å². The number of hydrazone groups is 1. The number of carbonyl (C=O) groups excluding carboxylic acids is 1. The summed E-state index contributed by atoms with van der Waals surface area (Å²) < 4.78 is 5.76. The second kappa shape index (κ2) is 9.97. The lowest BCUT2D eigenvalue weighted by molar-refractivity contribution is -0.384. The molecule has 0 bridgehead atoms. The summed E-state index contributed by atoms with van der Waals surface area (Å²) in [4.78, 5) is 22.1. The maximum absolute atomic E-state index is 11.9. The van der Waals surface area contributed by atoms with Crippen LogP contribution in [0, 0.1) is 17.0 Å². The van der Waals surface area contributed by atoms with Crippen molar-refractivity contribution in [1.29, 1.82) is 0 Å². The number of aryl methyl sites for hydroxylation is 1. The normalized spacial score (nSPS) is 10.7. The SMILES string of the molecule is Cc1ccc(COc2ccc(/C=N/NC(=O)Cc3ccc([N+](=O)[O-])cc3)cc2)cc1. The van der Waals surface area contributed by atoms with E-state index in [0.29, 0.717) is 12.2 Å². The molecule has 3 rings (SSSR count). The van der Waals surface area contributed by atoms with Crippen LogP contribution < -0.4 is 10.2 Å². The fourth-order valence-electron chi connectivity index (χ4n) is 2.64. The summed E-state index contributed by atoms with van der Waals surface area (Å²) in [6, 6.07) is 21.4. The van der Waals surface area contributed by atoms with Gasteiger partial charge in [-0.05, 0) is 47.9 Å². The molecule has 0 spiro atoms. The highest BCUT2D eigenvalue weighted by atomic mass is 16.6. The molecule has 0 heterocycles. The lowest BCUT2D eigenvalue weighted by Gasteiger charge is -2.07. The molecule has 0 fully saturated rings. The maximum atomic E-state index is 11.9. The van der Waals surface area contributed by atoms with E-state index in [4.69, 9.17) is 4.74 Å². The second-order valence-corrected chi connectivity index (χ2v) is 6.74. The third kappa shape index (κ3) is 6.27. The van der Waals surface area contributed by atoms with Crippen LogP contribution in [0.5, 0.6) is 5.75 Å². The van der Waals surface area contributed by atoms with Crippen LogP contribution in [-0.2, 0) is 17.8 Å². The van der Waals surface area contributed by atoms with Crippen molar-refractivity contribution in [3.05, 3.63) is 105 Å². The number of nitro benzene ring substituents is 1. The molecule has 0 aliphatic rings. The third-order valence-corrected chi connectivity index (χ3v) is 4.32. The van der Waals surface area contributed by atoms with Crippen molar-refractivity contribution >= 4 is 17.8 Å². The molecular weight excluding hydrogens is 382 g/mol. The molecule has 1 amide bonds. The van der Waals surface area contributed by atoms with E-state index < -0.39 is 4.92 Å². The number of amides is 1. The molecule has 0 radical (unpaired) electrons. The predicted octanol–water partition coefficient (Wildman–Crippen LogP) is 4.18. The molecule has 0 aromatic heterocycles. The van der Waals surface area contributed by atoms with Gasteiger partial charge >= 0.3 is 0 Å². The molecule has 7 nitrogen and oxygen atoms in total. The van der Waals surface area contributed by atoms with Gasteiger partial charge in [0, 0.05) is 12.1 Å². The zero-order valence-corrected chi connectivity index (χ0v) is 16.4. The molecule has 7 heteroatoms. The minimum absolute atomic E-state index is 0.0107. The van der Waals surface area contributed by atoms with Crippen molar-refractivity contribution in [2.75, 3.05) is 0 Å². The van der Waals surface area contributed by atoms with Crippen molar-refractivity contribution < 1.29 is 14.5 Å². The van der Waals surface area contributed by atoms with Gasteiger partial charge in [0.15, 0.2) is 0 Å². The smallest absolute Gasteiger partial charge is 0.269 e. The summed E-state index contributed by atoms with van der Waals surface area (Å²) in [5.74, 6) is 0.438. The molecule has 30 heavy (non-hydrogen) atoms. The first kappa shape index (κ1) is 20.7. The second-order valence-electron chi connectivity index (χ2n) is 6.74. The number of rotatable bonds is 8. The van der Waals surface area contributed by atoms with Crippen LogP contribution in [0.25, 0.3) is 0 Å². The van der Waals surface area contributed by atoms with Crippen molar-refractivity contribution in [2.24, 2.45) is 5.10 Å². The minimum atomic E-state index is -0.479. The number of nitrogens with one attached hydrogen (secondary N) is 1. The number of benzene rings is 3. The highest BCUT2D eigenvalue weighted by Crippen LogP contribution is 2.14. The molecule has 0 saturated heterocycles. The van der Waals surface area contributed by atoms with E-state index in [9.17, 15) is 14.9 Å². The molecular formula is C23H21N3O4. The number of hydrogen-bond donors (Lipinski definition) is 1. The van der Waals surface area contributed by atoms with Crippen molar-refractivity contribution in [1.82, 2.24) is 5.43 Å². The van der Waals surface area contributed by atoms with Gasteiger partial charge in [0.25, 0.3) is 5.69 Å². The topological polar surface area (TPSA) is 93.8 Å². The summed E-state index contributed by atoms with van der Waals surface area (Å²) in [5, 5.41) is 14.6. The molecule has 1 N–H and O–H groups in total. The zero-order chi connectivity index (χ0) is 21.3. The van der Waals surface area contributed by atoms with Gasteiger partial charge in [-0.3, -0.25) is 14.9 Å². The summed E-state index contributed by atoms with van der Waals surface area (Å²) in [5.41, 5.74) is 6.23.